The number of hydrogen-bond acceptors (Lipinski definition) is 8. The van der Waals surface area contributed by atoms with Crippen LogP contribution in [0.2, 0.25) is 0 Å². The lowest BCUT2D eigenvalue weighted by Crippen LogP contribution is -2.19. The minimum Gasteiger partial charge on any atom is -0.461 e. The fourth-order valence-corrected chi connectivity index (χ4v) is 2.95. The van der Waals surface area contributed by atoms with Crippen LogP contribution >= 0.6 is 0 Å². The summed E-state index contributed by atoms with van der Waals surface area (Å²) in [5, 5.41) is 19.9. The van der Waals surface area contributed by atoms with Crippen molar-refractivity contribution in [3.8, 4) is 17.2 Å². The number of ether oxygens (including phenoxy) is 2. The molecule has 1 aromatic carbocycles. The Morgan fingerprint density at radius 3 is 2.40 bits per heavy atom. The summed E-state index contributed by atoms with van der Waals surface area (Å²) >= 11 is 0. The van der Waals surface area contributed by atoms with Crippen LogP contribution in [0.1, 0.15) is 52.4 Å². The number of carbonyl (C=O) groups is 2. The minimum atomic E-state index is -0.782. The SMILES string of the molecule is Cc1nc(C)c(C(=O)OC(C)C)c(-c2cccc([N+](=O)[O-])c2)c1C(=O)OCCC#N. The highest BCUT2D eigenvalue weighted by Gasteiger charge is 2.29. The van der Waals surface area contributed by atoms with Crippen molar-refractivity contribution < 1.29 is 24.0 Å². The van der Waals surface area contributed by atoms with Gasteiger partial charge in [0, 0.05) is 17.7 Å². The molecule has 0 N–H and O–H groups in total. The van der Waals surface area contributed by atoms with E-state index in [-0.39, 0.29) is 46.7 Å². The van der Waals surface area contributed by atoms with Crippen LogP contribution in [0.3, 0.4) is 0 Å². The van der Waals surface area contributed by atoms with E-state index in [1.54, 1.807) is 33.8 Å². The number of aryl methyl sites for hydroxylation is 2. The van der Waals surface area contributed by atoms with E-state index in [4.69, 9.17) is 14.7 Å². The molecule has 0 aliphatic carbocycles. The molecule has 156 valence electrons. The first-order valence-electron chi connectivity index (χ1n) is 9.18. The molecule has 30 heavy (non-hydrogen) atoms. The van der Waals surface area contributed by atoms with E-state index in [9.17, 15) is 19.7 Å². The fourth-order valence-electron chi connectivity index (χ4n) is 2.95. The monoisotopic (exact) mass is 411 g/mol. The van der Waals surface area contributed by atoms with Crippen molar-refractivity contribution in [3.05, 3.63) is 56.9 Å². The lowest BCUT2D eigenvalue weighted by atomic mass is 9.92. The molecule has 2 aromatic rings. The van der Waals surface area contributed by atoms with Crippen LogP contribution in [0.25, 0.3) is 11.1 Å². The summed E-state index contributed by atoms with van der Waals surface area (Å²) in [6, 6.07) is 7.47. The average molecular weight is 411 g/mol. The highest BCUT2D eigenvalue weighted by molar-refractivity contribution is 6.07. The molecule has 0 aliphatic rings. The van der Waals surface area contributed by atoms with Crippen molar-refractivity contribution in [2.24, 2.45) is 0 Å². The van der Waals surface area contributed by atoms with E-state index in [1.807, 2.05) is 6.07 Å². The zero-order valence-corrected chi connectivity index (χ0v) is 17.1. The van der Waals surface area contributed by atoms with Gasteiger partial charge in [-0.1, -0.05) is 12.1 Å². The number of pyridine rings is 1. The standard InChI is InChI=1S/C21H21N3O6/c1-12(2)30-21(26)18-14(4)23-13(3)17(20(25)29-10-6-9-22)19(18)15-7-5-8-16(11-15)24(27)28/h5,7-8,11-12H,6,10H2,1-4H3. The molecule has 0 unspecified atom stereocenters. The van der Waals surface area contributed by atoms with E-state index >= 15 is 0 Å². The summed E-state index contributed by atoms with van der Waals surface area (Å²) in [6.45, 7) is 6.39. The minimum absolute atomic E-state index is 0.00152. The number of aromatic nitrogens is 1. The van der Waals surface area contributed by atoms with Gasteiger partial charge >= 0.3 is 11.9 Å². The third-order valence-electron chi connectivity index (χ3n) is 4.10. The zero-order valence-electron chi connectivity index (χ0n) is 17.1. The van der Waals surface area contributed by atoms with Gasteiger partial charge in [-0.25, -0.2) is 9.59 Å². The van der Waals surface area contributed by atoms with E-state index in [0.717, 1.165) is 0 Å². The molecule has 1 aromatic heterocycles. The number of hydrogen-bond donors (Lipinski definition) is 0. The Morgan fingerprint density at radius 2 is 1.83 bits per heavy atom. The van der Waals surface area contributed by atoms with Crippen LogP contribution in [0.4, 0.5) is 5.69 Å². The van der Waals surface area contributed by atoms with Crippen molar-refractivity contribution in [2.45, 2.75) is 40.2 Å². The second-order valence-corrected chi connectivity index (χ2v) is 6.71. The average Bonchev–Trinajstić information content (AvgIpc) is 2.66. The number of esters is 2. The van der Waals surface area contributed by atoms with Gasteiger partial charge in [-0.05, 0) is 33.3 Å². The van der Waals surface area contributed by atoms with Crippen LogP contribution in [0.15, 0.2) is 24.3 Å². The quantitative estimate of drug-likeness (QED) is 0.290. The normalized spacial score (nSPS) is 10.4. The summed E-state index contributed by atoms with van der Waals surface area (Å²) in [6.07, 6.45) is -0.430. The molecule has 0 radical (unpaired) electrons. The molecule has 2 rings (SSSR count). The van der Waals surface area contributed by atoms with Crippen molar-refractivity contribution in [1.29, 1.82) is 5.26 Å². The summed E-state index contributed by atoms with van der Waals surface area (Å²) in [4.78, 5) is 40.6. The molecule has 0 saturated carbocycles. The molecule has 0 aliphatic heterocycles. The molecular weight excluding hydrogens is 390 g/mol. The maximum atomic E-state index is 12.8. The van der Waals surface area contributed by atoms with Gasteiger partial charge in [0.1, 0.15) is 6.61 Å². The number of nitro benzene ring substituents is 1. The summed E-state index contributed by atoms with van der Waals surface area (Å²) < 4.78 is 10.5. The van der Waals surface area contributed by atoms with E-state index in [2.05, 4.69) is 4.98 Å². The molecule has 1 heterocycles. The predicted octanol–water partition coefficient (Wildman–Crippen LogP) is 3.91. The second-order valence-electron chi connectivity index (χ2n) is 6.71. The van der Waals surface area contributed by atoms with Crippen LogP contribution in [0.5, 0.6) is 0 Å². The van der Waals surface area contributed by atoms with Gasteiger partial charge in [0.15, 0.2) is 0 Å². The highest BCUT2D eigenvalue weighted by atomic mass is 16.6. The third-order valence-corrected chi connectivity index (χ3v) is 4.10. The van der Waals surface area contributed by atoms with Gasteiger partial charge in [-0.3, -0.25) is 15.1 Å². The van der Waals surface area contributed by atoms with Gasteiger partial charge in [0.05, 0.1) is 46.0 Å². The predicted molar refractivity (Wildman–Crippen MR) is 107 cm³/mol. The Labute approximate surface area is 173 Å². The fraction of sp³-hybridized carbons (Fsp3) is 0.333. The lowest BCUT2D eigenvalue weighted by Gasteiger charge is -2.18. The molecule has 0 spiro atoms. The van der Waals surface area contributed by atoms with Crippen molar-refractivity contribution in [1.82, 2.24) is 4.98 Å². The Bertz CT molecular complexity index is 1040. The number of nitrogens with zero attached hydrogens (tertiary/aromatic N) is 3. The number of rotatable bonds is 7. The molecule has 9 heteroatoms. The third kappa shape index (κ3) is 4.97. The van der Waals surface area contributed by atoms with Crippen molar-refractivity contribution >= 4 is 17.6 Å². The van der Waals surface area contributed by atoms with Gasteiger partial charge in [0.2, 0.25) is 0 Å². The van der Waals surface area contributed by atoms with Crippen molar-refractivity contribution in [2.75, 3.05) is 6.61 Å². The van der Waals surface area contributed by atoms with Crippen LogP contribution in [-0.2, 0) is 9.47 Å². The van der Waals surface area contributed by atoms with Gasteiger partial charge < -0.3 is 9.47 Å². The molecule has 0 amide bonds. The Kier molecular flexibility index (Phi) is 7.20. The van der Waals surface area contributed by atoms with E-state index in [0.29, 0.717) is 5.69 Å². The zero-order chi connectivity index (χ0) is 22.4. The Morgan fingerprint density at radius 1 is 1.20 bits per heavy atom. The summed E-state index contributed by atoms with van der Waals surface area (Å²) in [5.74, 6) is -1.49. The number of nitro groups is 1. The maximum absolute atomic E-state index is 12.8. The first-order chi connectivity index (χ1) is 14.2. The highest BCUT2D eigenvalue weighted by Crippen LogP contribution is 2.34. The van der Waals surface area contributed by atoms with Crippen LogP contribution < -0.4 is 0 Å². The van der Waals surface area contributed by atoms with Gasteiger partial charge in [-0.15, -0.1) is 0 Å². The molecule has 0 bridgehead atoms. The Hall–Kier alpha value is -3.80. The van der Waals surface area contributed by atoms with Crippen molar-refractivity contribution in [3.63, 3.8) is 0 Å². The first-order valence-corrected chi connectivity index (χ1v) is 9.18. The molecule has 0 saturated heterocycles. The topological polar surface area (TPSA) is 132 Å². The van der Waals surface area contributed by atoms with Crippen LogP contribution in [0, 0.1) is 35.3 Å². The lowest BCUT2D eigenvalue weighted by molar-refractivity contribution is -0.384. The molecule has 0 atom stereocenters. The number of carbonyl (C=O) groups excluding carboxylic acids is 2. The number of non-ortho nitro benzene ring substituents is 1. The summed E-state index contributed by atoms with van der Waals surface area (Å²) in [7, 11) is 0. The van der Waals surface area contributed by atoms with E-state index < -0.39 is 23.0 Å². The maximum Gasteiger partial charge on any atom is 0.340 e. The number of nitriles is 1. The number of benzene rings is 1. The molecular formula is C21H21N3O6. The van der Waals surface area contributed by atoms with Gasteiger partial charge in [-0.2, -0.15) is 5.26 Å². The summed E-state index contributed by atoms with van der Waals surface area (Å²) in [5.41, 5.74) is 0.853. The second kappa shape index (κ2) is 9.60. The largest absolute Gasteiger partial charge is 0.461 e. The first kappa shape index (κ1) is 22.5. The van der Waals surface area contributed by atoms with E-state index in [1.165, 1.54) is 18.2 Å². The van der Waals surface area contributed by atoms with Gasteiger partial charge in [0.25, 0.3) is 5.69 Å². The molecule has 0 fully saturated rings. The smallest absolute Gasteiger partial charge is 0.340 e. The molecule has 9 nitrogen and oxygen atoms in total. The van der Waals surface area contributed by atoms with Crippen LogP contribution in [-0.4, -0.2) is 34.6 Å². The Balaban J connectivity index is 2.80.